The van der Waals surface area contributed by atoms with Crippen LogP contribution in [0.2, 0.25) is 5.02 Å². The van der Waals surface area contributed by atoms with Gasteiger partial charge in [0.2, 0.25) is 0 Å². The molecule has 1 aromatic heterocycles. The summed E-state index contributed by atoms with van der Waals surface area (Å²) in [5.74, 6) is 0.366. The van der Waals surface area contributed by atoms with Crippen LogP contribution in [0.3, 0.4) is 0 Å². The molecular weight excluding hydrogens is 565 g/mol. The lowest BCUT2D eigenvalue weighted by Crippen LogP contribution is -2.55. The normalized spacial score (nSPS) is 20.5. The molecule has 0 aliphatic carbocycles. The summed E-state index contributed by atoms with van der Waals surface area (Å²) in [4.78, 5) is 31.9. The minimum absolute atomic E-state index is 0.0580. The Bertz CT molecular complexity index is 1210. The van der Waals surface area contributed by atoms with Crippen molar-refractivity contribution in [1.82, 2.24) is 15.6 Å². The number of halogens is 4. The van der Waals surface area contributed by atoms with Gasteiger partial charge in [-0.1, -0.05) is 11.6 Å². The Kier molecular flexibility index (Phi) is 9.53. The van der Waals surface area contributed by atoms with Crippen LogP contribution in [0.15, 0.2) is 36.5 Å². The highest BCUT2D eigenvalue weighted by Gasteiger charge is 2.43. The van der Waals surface area contributed by atoms with E-state index >= 15 is 0 Å². The summed E-state index contributed by atoms with van der Waals surface area (Å²) in [5.41, 5.74) is -1.14. The number of piperidine rings is 1. The minimum atomic E-state index is -4.49. The van der Waals surface area contributed by atoms with E-state index in [1.165, 1.54) is 12.3 Å². The molecule has 9 nitrogen and oxygen atoms in total. The third-order valence-electron chi connectivity index (χ3n) is 7.16. The number of ether oxygens (including phenoxy) is 3. The van der Waals surface area contributed by atoms with E-state index in [2.05, 4.69) is 15.2 Å². The molecule has 3 atom stereocenters. The number of carbonyl (C=O) groups excluding carboxylic acids is 2. The molecule has 0 spiro atoms. The van der Waals surface area contributed by atoms with Gasteiger partial charge in [-0.3, -0.25) is 9.59 Å². The Morgan fingerprint density at radius 2 is 1.78 bits per heavy atom. The number of alkyl halides is 3. The van der Waals surface area contributed by atoms with Crippen LogP contribution in [0.1, 0.15) is 49.9 Å². The largest absolute Gasteiger partial charge is 0.487 e. The smallest absolute Gasteiger partial charge is 0.405 e. The van der Waals surface area contributed by atoms with Gasteiger partial charge in [0.05, 0.1) is 12.2 Å². The van der Waals surface area contributed by atoms with Gasteiger partial charge in [0, 0.05) is 42.5 Å². The van der Waals surface area contributed by atoms with E-state index in [-0.39, 0.29) is 29.6 Å². The summed E-state index contributed by atoms with van der Waals surface area (Å²) >= 11 is 6.12. The lowest BCUT2D eigenvalue weighted by atomic mass is 9.96. The molecule has 2 saturated heterocycles. The first-order valence-electron chi connectivity index (χ1n) is 13.4. The second-order valence-electron chi connectivity index (χ2n) is 10.7. The van der Waals surface area contributed by atoms with Crippen LogP contribution >= 0.6 is 11.6 Å². The molecule has 2 bridgehead atoms. The third-order valence-corrected chi connectivity index (χ3v) is 7.39. The van der Waals surface area contributed by atoms with Crippen LogP contribution < -0.4 is 25.0 Å². The van der Waals surface area contributed by atoms with E-state index < -0.39 is 24.2 Å². The summed E-state index contributed by atoms with van der Waals surface area (Å²) in [5, 5.41) is 5.47. The fourth-order valence-corrected chi connectivity index (χ4v) is 5.38. The SMILES string of the molecule is COCCOc1cc(Cl)ccc1OC(C)(C)C(=O)NC1C[C@H]2CC[C@@H](C1)N2c1ccc(C(=O)NCC(F)(F)F)cn1. The molecular formula is C28H34ClF3N4O5. The lowest BCUT2D eigenvalue weighted by molar-refractivity contribution is -0.135. The highest BCUT2D eigenvalue weighted by atomic mass is 35.5. The van der Waals surface area contributed by atoms with Crippen molar-refractivity contribution in [3.63, 3.8) is 0 Å². The predicted octanol–water partition coefficient (Wildman–Crippen LogP) is 4.53. The minimum Gasteiger partial charge on any atom is -0.487 e. The Hall–Kier alpha value is -3.25. The fraction of sp³-hybridized carbons (Fsp3) is 0.536. The first kappa shape index (κ1) is 30.7. The highest BCUT2D eigenvalue weighted by Crippen LogP contribution is 2.39. The van der Waals surface area contributed by atoms with Crippen LogP contribution in [0.5, 0.6) is 11.5 Å². The van der Waals surface area contributed by atoms with Gasteiger partial charge in [-0.15, -0.1) is 0 Å². The molecule has 1 unspecified atom stereocenters. The number of nitrogens with zero attached hydrogens (tertiary/aromatic N) is 2. The van der Waals surface area contributed by atoms with E-state index in [1.54, 1.807) is 45.2 Å². The molecule has 2 aromatic rings. The molecule has 224 valence electrons. The average Bonchev–Trinajstić information content (AvgIpc) is 3.18. The quantitative estimate of drug-likeness (QED) is 0.367. The van der Waals surface area contributed by atoms with Crippen molar-refractivity contribution in [3.8, 4) is 11.5 Å². The number of hydrogen-bond donors (Lipinski definition) is 2. The van der Waals surface area contributed by atoms with Crippen LogP contribution in [-0.2, 0) is 9.53 Å². The molecule has 0 saturated carbocycles. The van der Waals surface area contributed by atoms with Gasteiger partial charge in [0.15, 0.2) is 17.1 Å². The van der Waals surface area contributed by atoms with Crippen molar-refractivity contribution >= 4 is 29.2 Å². The summed E-state index contributed by atoms with van der Waals surface area (Å²) in [6.07, 6.45) is 0.0257. The molecule has 0 radical (unpaired) electrons. The monoisotopic (exact) mass is 598 g/mol. The first-order valence-corrected chi connectivity index (χ1v) is 13.7. The molecule has 4 rings (SSSR count). The molecule has 2 aliphatic heterocycles. The zero-order valence-corrected chi connectivity index (χ0v) is 23.8. The summed E-state index contributed by atoms with van der Waals surface area (Å²) in [7, 11) is 1.57. The zero-order valence-electron chi connectivity index (χ0n) is 23.1. The van der Waals surface area contributed by atoms with Crippen molar-refractivity contribution in [1.29, 1.82) is 0 Å². The average molecular weight is 599 g/mol. The number of nitrogens with one attached hydrogen (secondary N) is 2. The van der Waals surface area contributed by atoms with Crippen LogP contribution in [0.25, 0.3) is 0 Å². The van der Waals surface area contributed by atoms with Crippen molar-refractivity contribution in [3.05, 3.63) is 47.1 Å². The third kappa shape index (κ3) is 7.94. The molecule has 3 heterocycles. The predicted molar refractivity (Wildman–Crippen MR) is 147 cm³/mol. The van der Waals surface area contributed by atoms with Gasteiger partial charge in [-0.05, 0) is 63.8 Å². The molecule has 2 aliphatic rings. The molecule has 2 amide bonds. The Morgan fingerprint density at radius 1 is 1.07 bits per heavy atom. The number of amides is 2. The van der Waals surface area contributed by atoms with Gasteiger partial charge in [-0.2, -0.15) is 13.2 Å². The van der Waals surface area contributed by atoms with E-state index in [9.17, 15) is 22.8 Å². The Balaban J connectivity index is 1.35. The Morgan fingerprint density at radius 3 is 2.39 bits per heavy atom. The standard InChI is InChI=1S/C28H34ClF3N4O5/c1-27(2,41-22-8-5-18(29)12-23(22)40-11-10-39-3)26(38)35-19-13-20-6-7-21(14-19)36(20)24-9-4-17(15-33-24)25(37)34-16-28(30,31)32/h4-5,8-9,12,15,19-21H,6-7,10-11,13-14,16H2,1-3H3,(H,34,37)(H,35,38)/t19?,20-,21+. The lowest BCUT2D eigenvalue weighted by Gasteiger charge is -2.40. The number of pyridine rings is 1. The maximum absolute atomic E-state index is 13.3. The topological polar surface area (TPSA) is 102 Å². The first-order chi connectivity index (χ1) is 19.4. The maximum atomic E-state index is 13.3. The van der Waals surface area contributed by atoms with Crippen LogP contribution in [0.4, 0.5) is 19.0 Å². The zero-order chi connectivity index (χ0) is 29.8. The highest BCUT2D eigenvalue weighted by molar-refractivity contribution is 6.30. The van der Waals surface area contributed by atoms with E-state index in [0.29, 0.717) is 48.4 Å². The van der Waals surface area contributed by atoms with Crippen molar-refractivity contribution in [2.45, 2.75) is 69.4 Å². The summed E-state index contributed by atoms with van der Waals surface area (Å²) in [6.45, 7) is 2.66. The maximum Gasteiger partial charge on any atom is 0.405 e. The number of hydrogen-bond acceptors (Lipinski definition) is 7. The number of aromatic nitrogens is 1. The van der Waals surface area contributed by atoms with E-state index in [1.807, 2.05) is 5.32 Å². The summed E-state index contributed by atoms with van der Waals surface area (Å²) in [6, 6.07) is 8.26. The van der Waals surface area contributed by atoms with Gasteiger partial charge < -0.3 is 29.7 Å². The van der Waals surface area contributed by atoms with Crippen molar-refractivity contribution in [2.75, 3.05) is 31.8 Å². The van der Waals surface area contributed by atoms with Gasteiger partial charge >= 0.3 is 6.18 Å². The number of anilines is 1. The van der Waals surface area contributed by atoms with Crippen molar-refractivity contribution in [2.24, 2.45) is 0 Å². The van der Waals surface area contributed by atoms with Crippen LogP contribution in [0, 0.1) is 0 Å². The number of fused-ring (bicyclic) bond motifs is 2. The number of benzene rings is 1. The summed E-state index contributed by atoms with van der Waals surface area (Å²) < 4.78 is 54.1. The molecule has 2 N–H and O–H groups in total. The van der Waals surface area contributed by atoms with E-state index in [4.69, 9.17) is 25.8 Å². The second kappa shape index (κ2) is 12.7. The molecule has 13 heteroatoms. The molecule has 2 fully saturated rings. The van der Waals surface area contributed by atoms with Gasteiger partial charge in [-0.25, -0.2) is 4.98 Å². The van der Waals surface area contributed by atoms with E-state index in [0.717, 1.165) is 12.8 Å². The fourth-order valence-electron chi connectivity index (χ4n) is 5.22. The van der Waals surface area contributed by atoms with Gasteiger partial charge in [0.1, 0.15) is 19.0 Å². The molecule has 41 heavy (non-hydrogen) atoms. The second-order valence-corrected chi connectivity index (χ2v) is 11.1. The number of carbonyl (C=O) groups is 2. The number of rotatable bonds is 11. The number of methoxy groups -OCH3 is 1. The van der Waals surface area contributed by atoms with Crippen molar-refractivity contribution < 1.29 is 37.0 Å². The molecule has 1 aromatic carbocycles. The Labute approximate surface area is 241 Å². The van der Waals surface area contributed by atoms with Gasteiger partial charge in [0.25, 0.3) is 11.8 Å². The van der Waals surface area contributed by atoms with Crippen LogP contribution in [-0.4, -0.2) is 73.6 Å².